The summed E-state index contributed by atoms with van der Waals surface area (Å²) in [5, 5.41) is 1.89. The second kappa shape index (κ2) is 6.41. The number of aromatic nitrogens is 2. The van der Waals surface area contributed by atoms with Gasteiger partial charge < -0.3 is 4.74 Å². The van der Waals surface area contributed by atoms with E-state index in [1.165, 1.54) is 11.8 Å². The zero-order valence-corrected chi connectivity index (χ0v) is 12.4. The highest BCUT2D eigenvalue weighted by Gasteiger charge is 2.10. The van der Waals surface area contributed by atoms with Crippen LogP contribution in [0.1, 0.15) is 6.42 Å². The molecule has 19 heavy (non-hydrogen) atoms. The molecule has 6 heteroatoms. The summed E-state index contributed by atoms with van der Waals surface area (Å²) in [4.78, 5) is 16.9. The monoisotopic (exact) mass is 298 g/mol. The van der Waals surface area contributed by atoms with Gasteiger partial charge in [0.05, 0.1) is 10.9 Å². The molecule has 0 aliphatic rings. The van der Waals surface area contributed by atoms with Gasteiger partial charge in [0, 0.05) is 25.3 Å². The summed E-state index contributed by atoms with van der Waals surface area (Å²) >= 11 is 7.39. The normalized spacial score (nSPS) is 11.1. The maximum absolute atomic E-state index is 12.4. The zero-order chi connectivity index (χ0) is 13.8. The van der Waals surface area contributed by atoms with Gasteiger partial charge in [0.15, 0.2) is 5.16 Å². The van der Waals surface area contributed by atoms with E-state index in [1.807, 2.05) is 6.26 Å². The fourth-order valence-corrected chi connectivity index (χ4v) is 2.64. The zero-order valence-electron chi connectivity index (χ0n) is 10.9. The van der Waals surface area contributed by atoms with Crippen molar-refractivity contribution in [1.29, 1.82) is 0 Å². The first-order chi connectivity index (χ1) is 9.17. The van der Waals surface area contributed by atoms with Gasteiger partial charge in [-0.05, 0) is 30.9 Å². The van der Waals surface area contributed by atoms with E-state index in [2.05, 4.69) is 4.98 Å². The molecule has 0 radical (unpaired) electrons. The summed E-state index contributed by atoms with van der Waals surface area (Å²) in [5.74, 6) is 0. The average Bonchev–Trinajstić information content (AvgIpc) is 2.40. The van der Waals surface area contributed by atoms with Crippen molar-refractivity contribution in [1.82, 2.24) is 9.55 Å². The topological polar surface area (TPSA) is 44.1 Å². The molecular formula is C13H15ClN2O2S. The molecule has 0 fully saturated rings. The van der Waals surface area contributed by atoms with E-state index < -0.39 is 0 Å². The van der Waals surface area contributed by atoms with Gasteiger partial charge in [-0.3, -0.25) is 9.36 Å². The van der Waals surface area contributed by atoms with Crippen LogP contribution < -0.4 is 5.56 Å². The molecule has 0 atom stereocenters. The van der Waals surface area contributed by atoms with Gasteiger partial charge in [0.1, 0.15) is 0 Å². The Balaban J connectivity index is 2.52. The maximum atomic E-state index is 12.4. The van der Waals surface area contributed by atoms with Crippen LogP contribution in [0, 0.1) is 0 Å². The van der Waals surface area contributed by atoms with E-state index in [0.717, 1.165) is 6.42 Å². The molecule has 1 aromatic carbocycles. The van der Waals surface area contributed by atoms with Crippen LogP contribution >= 0.6 is 23.4 Å². The first kappa shape index (κ1) is 14.4. The number of benzene rings is 1. The lowest BCUT2D eigenvalue weighted by atomic mass is 10.2. The largest absolute Gasteiger partial charge is 0.385 e. The average molecular weight is 299 g/mol. The Bertz CT molecular complexity index is 642. The third kappa shape index (κ3) is 3.11. The Morgan fingerprint density at radius 1 is 1.47 bits per heavy atom. The minimum atomic E-state index is -0.0258. The molecule has 0 amide bonds. The van der Waals surface area contributed by atoms with Gasteiger partial charge in [-0.2, -0.15) is 0 Å². The standard InChI is InChI=1S/C13H15ClN2O2S/c1-18-7-3-6-16-12(17)10-5-4-9(14)8-11(10)15-13(16)19-2/h4-5,8H,3,6-7H2,1-2H3. The van der Waals surface area contributed by atoms with Crippen molar-refractivity contribution < 1.29 is 4.74 Å². The first-order valence-electron chi connectivity index (χ1n) is 5.90. The molecule has 1 aromatic heterocycles. The highest BCUT2D eigenvalue weighted by molar-refractivity contribution is 7.98. The number of thioether (sulfide) groups is 1. The van der Waals surface area contributed by atoms with E-state index >= 15 is 0 Å². The molecule has 102 valence electrons. The number of ether oxygens (including phenoxy) is 1. The van der Waals surface area contributed by atoms with Crippen molar-refractivity contribution in [3.8, 4) is 0 Å². The van der Waals surface area contributed by atoms with Gasteiger partial charge in [-0.15, -0.1) is 0 Å². The Morgan fingerprint density at radius 3 is 2.95 bits per heavy atom. The number of rotatable bonds is 5. The highest BCUT2D eigenvalue weighted by Crippen LogP contribution is 2.19. The molecule has 0 bridgehead atoms. The van der Waals surface area contributed by atoms with Gasteiger partial charge in [-0.1, -0.05) is 23.4 Å². The molecular weight excluding hydrogens is 284 g/mol. The summed E-state index contributed by atoms with van der Waals surface area (Å²) in [7, 11) is 1.65. The molecule has 2 rings (SSSR count). The number of fused-ring (bicyclic) bond motifs is 1. The van der Waals surface area contributed by atoms with Crippen LogP contribution in [-0.4, -0.2) is 29.5 Å². The fourth-order valence-electron chi connectivity index (χ4n) is 1.89. The molecule has 4 nitrogen and oxygen atoms in total. The van der Waals surface area contributed by atoms with E-state index in [4.69, 9.17) is 16.3 Å². The van der Waals surface area contributed by atoms with Crippen LogP contribution in [-0.2, 0) is 11.3 Å². The third-order valence-corrected chi connectivity index (χ3v) is 3.71. The summed E-state index contributed by atoms with van der Waals surface area (Å²) in [6, 6.07) is 5.16. The lowest BCUT2D eigenvalue weighted by Crippen LogP contribution is -2.23. The predicted molar refractivity (Wildman–Crippen MR) is 79.3 cm³/mol. The number of hydrogen-bond acceptors (Lipinski definition) is 4. The van der Waals surface area contributed by atoms with Crippen LogP contribution in [0.25, 0.3) is 10.9 Å². The molecule has 2 aromatic rings. The molecule has 0 aliphatic heterocycles. The van der Waals surface area contributed by atoms with Crippen molar-refractivity contribution in [3.05, 3.63) is 33.6 Å². The van der Waals surface area contributed by atoms with Crippen LogP contribution in [0.15, 0.2) is 28.2 Å². The van der Waals surface area contributed by atoms with Crippen molar-refractivity contribution in [3.63, 3.8) is 0 Å². The third-order valence-electron chi connectivity index (χ3n) is 2.80. The highest BCUT2D eigenvalue weighted by atomic mass is 35.5. The molecule has 1 heterocycles. The lowest BCUT2D eigenvalue weighted by Gasteiger charge is -2.11. The predicted octanol–water partition coefficient (Wildman–Crippen LogP) is 2.81. The SMILES string of the molecule is COCCCn1c(SC)nc2cc(Cl)ccc2c1=O. The van der Waals surface area contributed by atoms with Crippen molar-refractivity contribution in [2.75, 3.05) is 20.0 Å². The van der Waals surface area contributed by atoms with Crippen LogP contribution in [0.3, 0.4) is 0 Å². The van der Waals surface area contributed by atoms with E-state index in [1.54, 1.807) is 29.9 Å². The fraction of sp³-hybridized carbons (Fsp3) is 0.385. The minimum Gasteiger partial charge on any atom is -0.385 e. The van der Waals surface area contributed by atoms with Crippen molar-refractivity contribution in [2.45, 2.75) is 18.1 Å². The van der Waals surface area contributed by atoms with E-state index in [9.17, 15) is 4.79 Å². The minimum absolute atomic E-state index is 0.0258. The second-order valence-corrected chi connectivity index (χ2v) is 5.27. The summed E-state index contributed by atoms with van der Waals surface area (Å²) in [6.07, 6.45) is 2.69. The molecule has 0 aliphatic carbocycles. The number of methoxy groups -OCH3 is 1. The Morgan fingerprint density at radius 2 is 2.26 bits per heavy atom. The Kier molecular flexibility index (Phi) is 4.85. The van der Waals surface area contributed by atoms with E-state index in [0.29, 0.717) is 34.2 Å². The van der Waals surface area contributed by atoms with Crippen LogP contribution in [0.5, 0.6) is 0 Å². The first-order valence-corrected chi connectivity index (χ1v) is 7.50. The Hall–Kier alpha value is -1.04. The Labute approximate surface area is 120 Å². The lowest BCUT2D eigenvalue weighted by molar-refractivity contribution is 0.189. The summed E-state index contributed by atoms with van der Waals surface area (Å²) in [5.41, 5.74) is 0.618. The smallest absolute Gasteiger partial charge is 0.262 e. The molecule has 0 N–H and O–H groups in total. The van der Waals surface area contributed by atoms with Crippen LogP contribution in [0.2, 0.25) is 5.02 Å². The summed E-state index contributed by atoms with van der Waals surface area (Å²) < 4.78 is 6.71. The second-order valence-electron chi connectivity index (χ2n) is 4.06. The molecule has 0 spiro atoms. The quantitative estimate of drug-likeness (QED) is 0.484. The number of nitrogens with zero attached hydrogens (tertiary/aromatic N) is 2. The van der Waals surface area contributed by atoms with Crippen molar-refractivity contribution in [2.24, 2.45) is 0 Å². The van der Waals surface area contributed by atoms with Gasteiger partial charge in [0.25, 0.3) is 5.56 Å². The van der Waals surface area contributed by atoms with Gasteiger partial charge in [-0.25, -0.2) is 4.98 Å². The van der Waals surface area contributed by atoms with Gasteiger partial charge in [0.2, 0.25) is 0 Å². The molecule has 0 unspecified atom stereocenters. The van der Waals surface area contributed by atoms with Crippen molar-refractivity contribution >= 4 is 34.3 Å². The molecule has 0 saturated heterocycles. The molecule has 0 saturated carbocycles. The van der Waals surface area contributed by atoms with E-state index in [-0.39, 0.29) is 5.56 Å². The summed E-state index contributed by atoms with van der Waals surface area (Å²) in [6.45, 7) is 1.23. The van der Waals surface area contributed by atoms with Gasteiger partial charge >= 0.3 is 0 Å². The number of hydrogen-bond donors (Lipinski definition) is 0. The number of halogens is 1. The maximum Gasteiger partial charge on any atom is 0.262 e. The van der Waals surface area contributed by atoms with Crippen LogP contribution in [0.4, 0.5) is 0 Å².